The SMILES string of the molecule is CCCNc1ncnc(N(CC)CCOC)c1OC. The van der Waals surface area contributed by atoms with Gasteiger partial charge in [0.2, 0.25) is 5.75 Å². The minimum Gasteiger partial charge on any atom is -0.490 e. The zero-order chi connectivity index (χ0) is 14.1. The highest BCUT2D eigenvalue weighted by molar-refractivity contribution is 5.64. The monoisotopic (exact) mass is 268 g/mol. The number of anilines is 2. The van der Waals surface area contributed by atoms with Crippen LogP contribution in [0.15, 0.2) is 6.33 Å². The molecule has 108 valence electrons. The molecular formula is C13H24N4O2. The molecule has 0 saturated heterocycles. The van der Waals surface area contributed by atoms with Gasteiger partial charge in [-0.25, -0.2) is 9.97 Å². The van der Waals surface area contributed by atoms with Crippen LogP contribution >= 0.6 is 0 Å². The second-order valence-electron chi connectivity index (χ2n) is 4.08. The van der Waals surface area contributed by atoms with E-state index in [1.165, 1.54) is 0 Å². The first-order valence-corrected chi connectivity index (χ1v) is 6.65. The molecule has 0 saturated carbocycles. The van der Waals surface area contributed by atoms with Crippen molar-refractivity contribution in [3.63, 3.8) is 0 Å². The summed E-state index contributed by atoms with van der Waals surface area (Å²) in [4.78, 5) is 10.7. The van der Waals surface area contributed by atoms with Gasteiger partial charge in [0, 0.05) is 26.7 Å². The molecule has 0 radical (unpaired) electrons. The van der Waals surface area contributed by atoms with Crippen molar-refractivity contribution in [1.82, 2.24) is 9.97 Å². The van der Waals surface area contributed by atoms with Crippen LogP contribution in [0.4, 0.5) is 11.6 Å². The third kappa shape index (κ3) is 4.24. The Bertz CT molecular complexity index is 374. The molecule has 0 spiro atoms. The maximum Gasteiger partial charge on any atom is 0.204 e. The van der Waals surface area contributed by atoms with Gasteiger partial charge in [-0.05, 0) is 13.3 Å². The Labute approximate surface area is 115 Å². The van der Waals surface area contributed by atoms with E-state index in [2.05, 4.69) is 34.0 Å². The molecule has 6 heteroatoms. The fraction of sp³-hybridized carbons (Fsp3) is 0.692. The van der Waals surface area contributed by atoms with Crippen molar-refractivity contribution in [2.45, 2.75) is 20.3 Å². The molecule has 1 heterocycles. The highest BCUT2D eigenvalue weighted by Crippen LogP contribution is 2.31. The minimum absolute atomic E-state index is 0.652. The van der Waals surface area contributed by atoms with E-state index in [4.69, 9.17) is 9.47 Å². The highest BCUT2D eigenvalue weighted by atomic mass is 16.5. The van der Waals surface area contributed by atoms with Gasteiger partial charge in [-0.3, -0.25) is 0 Å². The number of likely N-dealkylation sites (N-methyl/N-ethyl adjacent to an activating group) is 1. The van der Waals surface area contributed by atoms with Gasteiger partial charge in [-0.1, -0.05) is 6.92 Å². The Balaban J connectivity index is 2.97. The molecule has 0 aliphatic heterocycles. The molecule has 1 rings (SSSR count). The number of nitrogens with one attached hydrogen (secondary N) is 1. The lowest BCUT2D eigenvalue weighted by molar-refractivity contribution is 0.205. The van der Waals surface area contributed by atoms with E-state index in [1.807, 2.05) is 0 Å². The molecule has 0 aromatic carbocycles. The van der Waals surface area contributed by atoms with E-state index >= 15 is 0 Å². The largest absolute Gasteiger partial charge is 0.490 e. The normalized spacial score (nSPS) is 10.3. The standard InChI is InChI=1S/C13H24N4O2/c1-5-7-14-12-11(19-4)13(16-10-15-12)17(6-2)8-9-18-3/h10H,5-9H2,1-4H3,(H,14,15,16). The van der Waals surface area contributed by atoms with Crippen LogP contribution in [0, 0.1) is 0 Å². The van der Waals surface area contributed by atoms with E-state index in [0.717, 1.165) is 37.7 Å². The molecule has 6 nitrogen and oxygen atoms in total. The number of hydrogen-bond acceptors (Lipinski definition) is 6. The van der Waals surface area contributed by atoms with Crippen LogP contribution < -0.4 is 15.0 Å². The Kier molecular flexibility index (Phi) is 6.95. The lowest BCUT2D eigenvalue weighted by Crippen LogP contribution is -2.28. The van der Waals surface area contributed by atoms with Crippen molar-refractivity contribution >= 4 is 11.6 Å². The fourth-order valence-electron chi connectivity index (χ4n) is 1.76. The maximum absolute atomic E-state index is 5.47. The van der Waals surface area contributed by atoms with Gasteiger partial charge in [0.25, 0.3) is 0 Å². The highest BCUT2D eigenvalue weighted by Gasteiger charge is 2.16. The first kappa shape index (κ1) is 15.5. The Morgan fingerprint density at radius 1 is 1.26 bits per heavy atom. The summed E-state index contributed by atoms with van der Waals surface area (Å²) in [5.41, 5.74) is 0. The van der Waals surface area contributed by atoms with Crippen LogP contribution in [0.1, 0.15) is 20.3 Å². The quantitative estimate of drug-likeness (QED) is 0.736. The minimum atomic E-state index is 0.652. The van der Waals surface area contributed by atoms with Gasteiger partial charge in [-0.2, -0.15) is 0 Å². The molecule has 0 fully saturated rings. The van der Waals surface area contributed by atoms with E-state index in [-0.39, 0.29) is 0 Å². The third-order valence-electron chi connectivity index (χ3n) is 2.78. The molecule has 1 aromatic heterocycles. The van der Waals surface area contributed by atoms with Crippen LogP contribution in [-0.2, 0) is 4.74 Å². The predicted octanol–water partition coefficient (Wildman–Crippen LogP) is 1.78. The van der Waals surface area contributed by atoms with Crippen LogP contribution in [0.3, 0.4) is 0 Å². The molecule has 1 aromatic rings. The summed E-state index contributed by atoms with van der Waals surface area (Å²) in [6.07, 6.45) is 2.59. The summed E-state index contributed by atoms with van der Waals surface area (Å²) in [6, 6.07) is 0. The Hall–Kier alpha value is -1.56. The lowest BCUT2D eigenvalue weighted by Gasteiger charge is -2.24. The van der Waals surface area contributed by atoms with Crippen molar-refractivity contribution in [3.05, 3.63) is 6.33 Å². The van der Waals surface area contributed by atoms with Gasteiger partial charge < -0.3 is 19.7 Å². The third-order valence-corrected chi connectivity index (χ3v) is 2.78. The molecule has 0 aliphatic rings. The summed E-state index contributed by atoms with van der Waals surface area (Å²) in [5, 5.41) is 3.26. The molecular weight excluding hydrogens is 244 g/mol. The molecule has 0 bridgehead atoms. The van der Waals surface area contributed by atoms with E-state index in [1.54, 1.807) is 20.5 Å². The van der Waals surface area contributed by atoms with Crippen molar-refractivity contribution in [2.75, 3.05) is 50.7 Å². The van der Waals surface area contributed by atoms with Gasteiger partial charge in [0.05, 0.1) is 13.7 Å². The summed E-state index contributed by atoms with van der Waals surface area (Å²) in [5.74, 6) is 2.23. The first-order chi connectivity index (χ1) is 9.28. The first-order valence-electron chi connectivity index (χ1n) is 6.65. The van der Waals surface area contributed by atoms with Crippen molar-refractivity contribution in [3.8, 4) is 5.75 Å². The van der Waals surface area contributed by atoms with Gasteiger partial charge in [0.1, 0.15) is 6.33 Å². The summed E-state index contributed by atoms with van der Waals surface area (Å²) in [7, 11) is 3.34. The Morgan fingerprint density at radius 2 is 2.05 bits per heavy atom. The van der Waals surface area contributed by atoms with Crippen LogP contribution in [0.5, 0.6) is 5.75 Å². The average Bonchev–Trinajstić information content (AvgIpc) is 2.45. The lowest BCUT2D eigenvalue weighted by atomic mass is 10.3. The van der Waals surface area contributed by atoms with Crippen LogP contribution in [-0.4, -0.2) is 50.4 Å². The number of ether oxygens (including phenoxy) is 2. The molecule has 0 amide bonds. The molecule has 0 aliphatic carbocycles. The van der Waals surface area contributed by atoms with Crippen molar-refractivity contribution in [2.24, 2.45) is 0 Å². The number of rotatable bonds is 9. The summed E-state index contributed by atoms with van der Waals surface area (Å²) in [6.45, 7) is 7.31. The number of nitrogens with zero attached hydrogens (tertiary/aromatic N) is 3. The average molecular weight is 268 g/mol. The zero-order valence-corrected chi connectivity index (χ0v) is 12.3. The van der Waals surface area contributed by atoms with E-state index in [9.17, 15) is 0 Å². The van der Waals surface area contributed by atoms with E-state index in [0.29, 0.717) is 12.4 Å². The van der Waals surface area contributed by atoms with Crippen molar-refractivity contribution in [1.29, 1.82) is 0 Å². The number of aromatic nitrogens is 2. The Morgan fingerprint density at radius 3 is 2.63 bits per heavy atom. The van der Waals surface area contributed by atoms with Crippen LogP contribution in [0.25, 0.3) is 0 Å². The molecule has 0 atom stereocenters. The number of methoxy groups -OCH3 is 2. The van der Waals surface area contributed by atoms with Gasteiger partial charge >= 0.3 is 0 Å². The van der Waals surface area contributed by atoms with Crippen LogP contribution in [0.2, 0.25) is 0 Å². The molecule has 1 N–H and O–H groups in total. The molecule has 0 unspecified atom stereocenters. The fourth-order valence-corrected chi connectivity index (χ4v) is 1.76. The zero-order valence-electron chi connectivity index (χ0n) is 12.3. The van der Waals surface area contributed by atoms with Gasteiger partial charge in [0.15, 0.2) is 11.6 Å². The van der Waals surface area contributed by atoms with Crippen molar-refractivity contribution < 1.29 is 9.47 Å². The second-order valence-corrected chi connectivity index (χ2v) is 4.08. The second kappa shape index (κ2) is 8.53. The predicted molar refractivity (Wildman–Crippen MR) is 77.1 cm³/mol. The topological polar surface area (TPSA) is 59.5 Å². The summed E-state index contributed by atoms with van der Waals surface area (Å²) < 4.78 is 10.6. The summed E-state index contributed by atoms with van der Waals surface area (Å²) >= 11 is 0. The maximum atomic E-state index is 5.47. The number of hydrogen-bond donors (Lipinski definition) is 1. The van der Waals surface area contributed by atoms with E-state index < -0.39 is 0 Å². The molecule has 19 heavy (non-hydrogen) atoms. The van der Waals surface area contributed by atoms with Gasteiger partial charge in [-0.15, -0.1) is 0 Å². The smallest absolute Gasteiger partial charge is 0.204 e.